The van der Waals surface area contributed by atoms with Gasteiger partial charge in [0.1, 0.15) is 5.69 Å². The zero-order chi connectivity index (χ0) is 9.68. The number of carbonyl (C=O) groups is 1. The van der Waals surface area contributed by atoms with Crippen molar-refractivity contribution < 1.29 is 4.79 Å². The molecule has 0 aliphatic carbocycles. The third-order valence-corrected chi connectivity index (χ3v) is 1.34. The van der Waals surface area contributed by atoms with Crippen molar-refractivity contribution in [2.75, 3.05) is 14.1 Å². The molecule has 0 aliphatic heterocycles. The van der Waals surface area contributed by atoms with Gasteiger partial charge in [0.25, 0.3) is 0 Å². The monoisotopic (exact) mass is 177 g/mol. The summed E-state index contributed by atoms with van der Waals surface area (Å²) in [6.45, 7) is 0. The van der Waals surface area contributed by atoms with Crippen molar-refractivity contribution in [2.45, 2.75) is 0 Å². The Morgan fingerprint density at radius 3 is 2.77 bits per heavy atom. The predicted molar refractivity (Wildman–Crippen MR) is 49.2 cm³/mol. The number of nitrogens with zero attached hydrogens (tertiary/aromatic N) is 3. The molecule has 0 amide bonds. The lowest BCUT2D eigenvalue weighted by atomic mass is 10.3. The van der Waals surface area contributed by atoms with Crippen LogP contribution >= 0.6 is 0 Å². The first-order chi connectivity index (χ1) is 6.20. The molecule has 0 fully saturated rings. The maximum absolute atomic E-state index is 11.3. The summed E-state index contributed by atoms with van der Waals surface area (Å²) >= 11 is 0. The molecule has 1 aromatic rings. The van der Waals surface area contributed by atoms with Gasteiger partial charge in [0.05, 0.1) is 6.20 Å². The third kappa shape index (κ3) is 3.02. The molecule has 1 aromatic heterocycles. The first kappa shape index (κ1) is 9.38. The average molecular weight is 177 g/mol. The SMILES string of the molecule is CN(C)C=CC(=O)c1cnccn1. The Kier molecular flexibility index (Phi) is 3.14. The highest BCUT2D eigenvalue weighted by Crippen LogP contribution is 1.93. The fraction of sp³-hybridized carbons (Fsp3) is 0.222. The van der Waals surface area contributed by atoms with E-state index in [9.17, 15) is 4.79 Å². The fourth-order valence-electron chi connectivity index (χ4n) is 0.728. The van der Waals surface area contributed by atoms with Crippen LogP contribution in [0.15, 0.2) is 30.9 Å². The molecule has 0 N–H and O–H groups in total. The molecule has 4 nitrogen and oxygen atoms in total. The van der Waals surface area contributed by atoms with Gasteiger partial charge in [-0.3, -0.25) is 9.78 Å². The van der Waals surface area contributed by atoms with Gasteiger partial charge < -0.3 is 4.90 Å². The van der Waals surface area contributed by atoms with Crippen LogP contribution in [0.4, 0.5) is 0 Å². The Morgan fingerprint density at radius 1 is 1.46 bits per heavy atom. The number of hydrogen-bond donors (Lipinski definition) is 0. The lowest BCUT2D eigenvalue weighted by molar-refractivity contribution is 0.104. The van der Waals surface area contributed by atoms with Crippen molar-refractivity contribution in [3.8, 4) is 0 Å². The predicted octanol–water partition coefficient (Wildman–Crippen LogP) is 0.735. The minimum absolute atomic E-state index is 0.137. The van der Waals surface area contributed by atoms with Crippen molar-refractivity contribution in [3.63, 3.8) is 0 Å². The molecule has 0 bridgehead atoms. The lowest BCUT2D eigenvalue weighted by Crippen LogP contribution is -2.04. The number of rotatable bonds is 3. The molecule has 0 unspecified atom stereocenters. The summed E-state index contributed by atoms with van der Waals surface area (Å²) in [6, 6.07) is 0. The second-order valence-electron chi connectivity index (χ2n) is 2.73. The molecule has 0 radical (unpaired) electrons. The number of carbonyl (C=O) groups excluding carboxylic acids is 1. The molecule has 0 aromatic carbocycles. The Bertz CT molecular complexity index is 306. The Balaban J connectivity index is 2.70. The third-order valence-electron chi connectivity index (χ3n) is 1.34. The van der Waals surface area contributed by atoms with Crippen molar-refractivity contribution >= 4 is 5.78 Å². The van der Waals surface area contributed by atoms with E-state index in [2.05, 4.69) is 9.97 Å². The Hall–Kier alpha value is -1.71. The van der Waals surface area contributed by atoms with E-state index in [4.69, 9.17) is 0 Å². The molecular formula is C9H11N3O. The van der Waals surface area contributed by atoms with Gasteiger partial charge in [0, 0.05) is 38.8 Å². The van der Waals surface area contributed by atoms with Gasteiger partial charge in [-0.25, -0.2) is 4.98 Å². The first-order valence-electron chi connectivity index (χ1n) is 3.85. The highest BCUT2D eigenvalue weighted by molar-refractivity contribution is 6.02. The van der Waals surface area contributed by atoms with Gasteiger partial charge in [-0.15, -0.1) is 0 Å². The zero-order valence-electron chi connectivity index (χ0n) is 7.64. The van der Waals surface area contributed by atoms with Crippen LogP contribution < -0.4 is 0 Å². The number of ketones is 1. The number of allylic oxidation sites excluding steroid dienone is 1. The molecule has 0 aliphatic rings. The smallest absolute Gasteiger partial charge is 0.207 e. The maximum Gasteiger partial charge on any atom is 0.207 e. The van der Waals surface area contributed by atoms with Crippen LogP contribution in [-0.4, -0.2) is 34.7 Å². The van der Waals surface area contributed by atoms with E-state index in [1.807, 2.05) is 14.1 Å². The van der Waals surface area contributed by atoms with Crippen molar-refractivity contribution in [3.05, 3.63) is 36.6 Å². The van der Waals surface area contributed by atoms with Crippen LogP contribution in [0.2, 0.25) is 0 Å². The molecule has 0 atom stereocenters. The second-order valence-corrected chi connectivity index (χ2v) is 2.73. The average Bonchev–Trinajstić information content (AvgIpc) is 2.15. The van der Waals surface area contributed by atoms with Crippen LogP contribution in [0, 0.1) is 0 Å². The molecule has 1 rings (SSSR count). The van der Waals surface area contributed by atoms with E-state index in [-0.39, 0.29) is 5.78 Å². The molecule has 0 saturated heterocycles. The van der Waals surface area contributed by atoms with Gasteiger partial charge in [-0.05, 0) is 0 Å². The maximum atomic E-state index is 11.3. The van der Waals surface area contributed by atoms with Gasteiger partial charge in [-0.1, -0.05) is 0 Å². The molecule has 0 spiro atoms. The summed E-state index contributed by atoms with van der Waals surface area (Å²) in [4.78, 5) is 20.8. The van der Waals surface area contributed by atoms with Crippen LogP contribution in [0.5, 0.6) is 0 Å². The normalized spacial score (nSPS) is 10.3. The second kappa shape index (κ2) is 4.35. The van der Waals surface area contributed by atoms with E-state index < -0.39 is 0 Å². The lowest BCUT2D eigenvalue weighted by Gasteiger charge is -2.01. The van der Waals surface area contributed by atoms with Gasteiger partial charge in [0.15, 0.2) is 0 Å². The van der Waals surface area contributed by atoms with Crippen LogP contribution in [0.3, 0.4) is 0 Å². The fourth-order valence-corrected chi connectivity index (χ4v) is 0.728. The standard InChI is InChI=1S/C9H11N3O/c1-12(2)6-3-9(13)8-7-10-4-5-11-8/h3-7H,1-2H3. The Morgan fingerprint density at radius 2 is 2.23 bits per heavy atom. The van der Waals surface area contributed by atoms with E-state index in [0.29, 0.717) is 5.69 Å². The molecule has 68 valence electrons. The molecule has 1 heterocycles. The van der Waals surface area contributed by atoms with Gasteiger partial charge in [-0.2, -0.15) is 0 Å². The molecular weight excluding hydrogens is 166 g/mol. The Labute approximate surface area is 76.9 Å². The van der Waals surface area contributed by atoms with E-state index >= 15 is 0 Å². The van der Waals surface area contributed by atoms with Crippen LogP contribution in [0.25, 0.3) is 0 Å². The summed E-state index contributed by atoms with van der Waals surface area (Å²) in [5.74, 6) is -0.137. The zero-order valence-corrected chi connectivity index (χ0v) is 7.64. The van der Waals surface area contributed by atoms with Crippen LogP contribution in [-0.2, 0) is 0 Å². The molecule has 4 heteroatoms. The summed E-state index contributed by atoms with van der Waals surface area (Å²) in [5.41, 5.74) is 0.362. The van der Waals surface area contributed by atoms with Crippen molar-refractivity contribution in [1.29, 1.82) is 0 Å². The van der Waals surface area contributed by atoms with E-state index in [1.165, 1.54) is 24.7 Å². The van der Waals surface area contributed by atoms with Gasteiger partial charge >= 0.3 is 0 Å². The summed E-state index contributed by atoms with van der Waals surface area (Å²) in [5, 5.41) is 0. The largest absolute Gasteiger partial charge is 0.383 e. The summed E-state index contributed by atoms with van der Waals surface area (Å²) < 4.78 is 0. The number of hydrogen-bond acceptors (Lipinski definition) is 4. The van der Waals surface area contributed by atoms with Crippen molar-refractivity contribution in [2.24, 2.45) is 0 Å². The quantitative estimate of drug-likeness (QED) is 0.504. The van der Waals surface area contributed by atoms with E-state index in [1.54, 1.807) is 11.1 Å². The van der Waals surface area contributed by atoms with Gasteiger partial charge in [0.2, 0.25) is 5.78 Å². The number of aromatic nitrogens is 2. The van der Waals surface area contributed by atoms with Crippen LogP contribution in [0.1, 0.15) is 10.5 Å². The first-order valence-corrected chi connectivity index (χ1v) is 3.85. The molecule has 13 heavy (non-hydrogen) atoms. The highest BCUT2D eigenvalue weighted by atomic mass is 16.1. The molecule has 0 saturated carbocycles. The topological polar surface area (TPSA) is 46.1 Å². The highest BCUT2D eigenvalue weighted by Gasteiger charge is 2.01. The minimum atomic E-state index is -0.137. The minimum Gasteiger partial charge on any atom is -0.383 e. The summed E-state index contributed by atoms with van der Waals surface area (Å²) in [7, 11) is 3.70. The summed E-state index contributed by atoms with van der Waals surface area (Å²) in [6.07, 6.45) is 7.62. The van der Waals surface area contributed by atoms with E-state index in [0.717, 1.165) is 0 Å². The van der Waals surface area contributed by atoms with Crippen molar-refractivity contribution in [1.82, 2.24) is 14.9 Å².